The Hall–Kier alpha value is -2.44. The molecule has 1 aliphatic rings. The minimum atomic E-state index is -0.233. The number of nitrogens with two attached hydrogens (primary N) is 1. The molecule has 0 saturated heterocycles. The SMILES string of the molecule is CCN(CC)C(=O)Nc1cc2c(cc1N)OCC(=O)N2. The van der Waals surface area contributed by atoms with Gasteiger partial charge in [-0.3, -0.25) is 4.79 Å². The van der Waals surface area contributed by atoms with Crippen LogP contribution < -0.4 is 21.1 Å². The lowest BCUT2D eigenvalue weighted by Gasteiger charge is -2.22. The molecule has 0 bridgehead atoms. The van der Waals surface area contributed by atoms with Crippen LogP contribution in [0.3, 0.4) is 0 Å². The highest BCUT2D eigenvalue weighted by atomic mass is 16.5. The van der Waals surface area contributed by atoms with Gasteiger partial charge in [-0.15, -0.1) is 0 Å². The zero-order chi connectivity index (χ0) is 14.7. The van der Waals surface area contributed by atoms with Crippen molar-refractivity contribution in [1.82, 2.24) is 4.90 Å². The highest BCUT2D eigenvalue weighted by molar-refractivity contribution is 5.99. The van der Waals surface area contributed by atoms with Gasteiger partial charge in [0.05, 0.1) is 17.1 Å². The summed E-state index contributed by atoms with van der Waals surface area (Å²) < 4.78 is 5.25. The first-order valence-electron chi connectivity index (χ1n) is 6.47. The Morgan fingerprint density at radius 1 is 1.45 bits per heavy atom. The van der Waals surface area contributed by atoms with Crippen LogP contribution in [-0.4, -0.2) is 36.5 Å². The molecule has 0 atom stereocenters. The first-order valence-corrected chi connectivity index (χ1v) is 6.47. The molecule has 1 aromatic carbocycles. The summed E-state index contributed by atoms with van der Waals surface area (Å²) in [5.74, 6) is 0.270. The van der Waals surface area contributed by atoms with Crippen molar-refractivity contribution >= 4 is 29.0 Å². The molecular formula is C13H18N4O3. The number of carbonyl (C=O) groups is 2. The lowest BCUT2D eigenvalue weighted by molar-refractivity contribution is -0.118. The van der Waals surface area contributed by atoms with E-state index in [4.69, 9.17) is 10.5 Å². The third-order valence-electron chi connectivity index (χ3n) is 3.08. The highest BCUT2D eigenvalue weighted by Gasteiger charge is 2.19. The van der Waals surface area contributed by atoms with Crippen molar-refractivity contribution < 1.29 is 14.3 Å². The smallest absolute Gasteiger partial charge is 0.321 e. The topological polar surface area (TPSA) is 96.7 Å². The van der Waals surface area contributed by atoms with E-state index >= 15 is 0 Å². The predicted octanol–water partition coefficient (Wildman–Crippen LogP) is 1.47. The molecule has 1 heterocycles. The number of ether oxygens (including phenoxy) is 1. The van der Waals surface area contributed by atoms with Gasteiger partial charge in [0.1, 0.15) is 5.75 Å². The lowest BCUT2D eigenvalue weighted by atomic mass is 10.2. The second kappa shape index (κ2) is 5.68. The van der Waals surface area contributed by atoms with Crippen molar-refractivity contribution in [3.05, 3.63) is 12.1 Å². The van der Waals surface area contributed by atoms with Gasteiger partial charge >= 0.3 is 6.03 Å². The number of hydrogen-bond acceptors (Lipinski definition) is 4. The second-order valence-corrected chi connectivity index (χ2v) is 4.37. The van der Waals surface area contributed by atoms with E-state index in [0.29, 0.717) is 35.9 Å². The summed E-state index contributed by atoms with van der Waals surface area (Å²) in [5, 5.41) is 5.41. The Morgan fingerprint density at radius 3 is 2.80 bits per heavy atom. The van der Waals surface area contributed by atoms with Gasteiger partial charge in [0.25, 0.3) is 5.91 Å². The van der Waals surface area contributed by atoms with Crippen LogP contribution in [0.1, 0.15) is 13.8 Å². The molecule has 108 valence electrons. The minimum absolute atomic E-state index is 0.0302. The first-order chi connectivity index (χ1) is 9.55. The summed E-state index contributed by atoms with van der Waals surface area (Å²) in [5.41, 5.74) is 7.23. The number of urea groups is 1. The molecule has 7 nitrogen and oxygen atoms in total. The van der Waals surface area contributed by atoms with E-state index in [1.54, 1.807) is 17.0 Å². The third kappa shape index (κ3) is 2.76. The molecule has 0 aromatic heterocycles. The van der Waals surface area contributed by atoms with Gasteiger partial charge in [-0.25, -0.2) is 4.79 Å². The van der Waals surface area contributed by atoms with Gasteiger partial charge in [-0.05, 0) is 19.9 Å². The number of nitrogens with zero attached hydrogens (tertiary/aromatic N) is 1. The quantitative estimate of drug-likeness (QED) is 0.729. The number of anilines is 3. The molecular weight excluding hydrogens is 260 g/mol. The van der Waals surface area contributed by atoms with Crippen LogP contribution in [-0.2, 0) is 4.79 Å². The van der Waals surface area contributed by atoms with E-state index in [1.165, 1.54) is 0 Å². The summed E-state index contributed by atoms with van der Waals surface area (Å²) in [6.45, 7) is 4.97. The van der Waals surface area contributed by atoms with Crippen LogP contribution in [0.25, 0.3) is 0 Å². The van der Waals surface area contributed by atoms with Gasteiger partial charge in [-0.1, -0.05) is 0 Å². The van der Waals surface area contributed by atoms with Crippen molar-refractivity contribution in [3.63, 3.8) is 0 Å². The zero-order valence-electron chi connectivity index (χ0n) is 11.5. The molecule has 0 aliphatic carbocycles. The number of benzene rings is 1. The molecule has 0 saturated carbocycles. The molecule has 0 radical (unpaired) electrons. The van der Waals surface area contributed by atoms with E-state index < -0.39 is 0 Å². The molecule has 0 unspecified atom stereocenters. The Morgan fingerprint density at radius 2 is 2.15 bits per heavy atom. The number of nitrogens with one attached hydrogen (secondary N) is 2. The van der Waals surface area contributed by atoms with Crippen LogP contribution >= 0.6 is 0 Å². The largest absolute Gasteiger partial charge is 0.482 e. The van der Waals surface area contributed by atoms with E-state index in [0.717, 1.165) is 0 Å². The third-order valence-corrected chi connectivity index (χ3v) is 3.08. The molecule has 4 N–H and O–H groups in total. The molecule has 0 fully saturated rings. The average Bonchev–Trinajstić information content (AvgIpc) is 2.41. The average molecular weight is 278 g/mol. The van der Waals surface area contributed by atoms with Crippen LogP contribution in [0.5, 0.6) is 5.75 Å². The van der Waals surface area contributed by atoms with Gasteiger partial charge in [0.15, 0.2) is 6.61 Å². The fourth-order valence-electron chi connectivity index (χ4n) is 1.96. The predicted molar refractivity (Wildman–Crippen MR) is 76.9 cm³/mol. The lowest BCUT2D eigenvalue weighted by Crippen LogP contribution is -2.34. The standard InChI is InChI=1S/C13H18N4O3/c1-3-17(4-2)13(19)16-9-6-10-11(5-8(9)14)20-7-12(18)15-10/h5-6H,3-4,7,14H2,1-2H3,(H,15,18)(H,16,19). The summed E-state index contributed by atoms with van der Waals surface area (Å²) >= 11 is 0. The van der Waals surface area contributed by atoms with Crippen molar-refractivity contribution in [2.45, 2.75) is 13.8 Å². The summed E-state index contributed by atoms with van der Waals surface area (Å²) in [7, 11) is 0. The van der Waals surface area contributed by atoms with E-state index in [2.05, 4.69) is 10.6 Å². The van der Waals surface area contributed by atoms with Crippen LogP contribution in [0.4, 0.5) is 21.9 Å². The maximum absolute atomic E-state index is 12.0. The van der Waals surface area contributed by atoms with Crippen LogP contribution in [0, 0.1) is 0 Å². The first kappa shape index (κ1) is 14.0. The molecule has 1 aliphatic heterocycles. The number of rotatable bonds is 3. The van der Waals surface area contributed by atoms with Gasteiger partial charge in [0, 0.05) is 19.2 Å². The summed E-state index contributed by atoms with van der Waals surface area (Å²) in [6, 6.07) is 2.96. The summed E-state index contributed by atoms with van der Waals surface area (Å²) in [6.07, 6.45) is 0. The Kier molecular flexibility index (Phi) is 3.97. The molecule has 2 rings (SSSR count). The minimum Gasteiger partial charge on any atom is -0.482 e. The fourth-order valence-corrected chi connectivity index (χ4v) is 1.96. The monoisotopic (exact) mass is 278 g/mol. The number of fused-ring (bicyclic) bond motifs is 1. The number of hydrogen-bond donors (Lipinski definition) is 3. The number of nitrogen functional groups attached to an aromatic ring is 1. The number of amides is 3. The maximum atomic E-state index is 12.0. The normalized spacial score (nSPS) is 13.0. The second-order valence-electron chi connectivity index (χ2n) is 4.37. The Bertz CT molecular complexity index is 541. The van der Waals surface area contributed by atoms with E-state index in [-0.39, 0.29) is 18.5 Å². The van der Waals surface area contributed by atoms with Crippen LogP contribution in [0.2, 0.25) is 0 Å². The van der Waals surface area contributed by atoms with Crippen molar-refractivity contribution in [3.8, 4) is 5.75 Å². The Balaban J connectivity index is 2.22. The van der Waals surface area contributed by atoms with Crippen molar-refractivity contribution in [2.24, 2.45) is 0 Å². The maximum Gasteiger partial charge on any atom is 0.321 e. The van der Waals surface area contributed by atoms with Crippen LogP contribution in [0.15, 0.2) is 12.1 Å². The van der Waals surface area contributed by atoms with Crippen molar-refractivity contribution in [1.29, 1.82) is 0 Å². The molecule has 1 aromatic rings. The molecule has 3 amide bonds. The fraction of sp³-hybridized carbons (Fsp3) is 0.385. The van der Waals surface area contributed by atoms with Gasteiger partial charge in [0.2, 0.25) is 0 Å². The molecule has 0 spiro atoms. The van der Waals surface area contributed by atoms with E-state index in [1.807, 2.05) is 13.8 Å². The van der Waals surface area contributed by atoms with Gasteiger partial charge < -0.3 is 26.0 Å². The van der Waals surface area contributed by atoms with Crippen molar-refractivity contribution in [2.75, 3.05) is 36.1 Å². The molecule has 7 heteroatoms. The molecule has 20 heavy (non-hydrogen) atoms. The Labute approximate surface area is 117 Å². The zero-order valence-corrected chi connectivity index (χ0v) is 11.5. The van der Waals surface area contributed by atoms with E-state index in [9.17, 15) is 9.59 Å². The number of carbonyl (C=O) groups excluding carboxylic acids is 2. The highest BCUT2D eigenvalue weighted by Crippen LogP contribution is 2.35. The summed E-state index contributed by atoms with van der Waals surface area (Å²) in [4.78, 5) is 24.9. The van der Waals surface area contributed by atoms with Gasteiger partial charge in [-0.2, -0.15) is 0 Å².